The number of rotatable bonds is 4. The maximum Gasteiger partial charge on any atom is 0.327 e. The molecule has 7 heteroatoms. The van der Waals surface area contributed by atoms with Crippen LogP contribution in [0.15, 0.2) is 22.0 Å². The molecule has 4 nitrogen and oxygen atoms in total. The van der Waals surface area contributed by atoms with Crippen LogP contribution in [0.2, 0.25) is 0 Å². The first-order chi connectivity index (χ1) is 9.52. The standard InChI is InChI=1S/C13H14BrNO3S2/c1-2-12-15(9(7-19-12)13(17)18)11(16)6-4-8-3-5-10(14)20-8/h3-6,9,12H,2,7H2,1H3,(H,17,18). The number of carboxylic acids is 1. The average molecular weight is 376 g/mol. The second-order valence-electron chi connectivity index (χ2n) is 4.27. The van der Waals surface area contributed by atoms with E-state index in [1.54, 1.807) is 6.08 Å². The van der Waals surface area contributed by atoms with Gasteiger partial charge in [-0.05, 0) is 40.6 Å². The van der Waals surface area contributed by atoms with Gasteiger partial charge in [-0.1, -0.05) is 6.92 Å². The number of hydrogen-bond acceptors (Lipinski definition) is 4. The van der Waals surface area contributed by atoms with Crippen molar-refractivity contribution < 1.29 is 14.7 Å². The lowest BCUT2D eigenvalue weighted by atomic mass is 10.2. The summed E-state index contributed by atoms with van der Waals surface area (Å²) in [6.07, 6.45) is 3.94. The minimum absolute atomic E-state index is 0.0525. The van der Waals surface area contributed by atoms with E-state index >= 15 is 0 Å². The number of carboxylic acid groups (broad SMARTS) is 1. The fraction of sp³-hybridized carbons (Fsp3) is 0.385. The van der Waals surface area contributed by atoms with E-state index in [2.05, 4.69) is 15.9 Å². The van der Waals surface area contributed by atoms with Crippen molar-refractivity contribution in [3.05, 3.63) is 26.9 Å². The fourth-order valence-corrected chi connectivity index (χ4v) is 4.70. The normalized spacial score (nSPS) is 22.6. The predicted molar refractivity (Wildman–Crippen MR) is 85.9 cm³/mol. The van der Waals surface area contributed by atoms with Crippen molar-refractivity contribution in [1.29, 1.82) is 0 Å². The maximum atomic E-state index is 12.3. The van der Waals surface area contributed by atoms with E-state index in [1.807, 2.05) is 19.1 Å². The minimum Gasteiger partial charge on any atom is -0.480 e. The van der Waals surface area contributed by atoms with Crippen molar-refractivity contribution >= 4 is 57.0 Å². The molecule has 0 saturated carbocycles. The number of halogens is 1. The molecule has 1 N–H and O–H groups in total. The molecule has 0 aliphatic carbocycles. The highest BCUT2D eigenvalue weighted by Crippen LogP contribution is 2.32. The highest BCUT2D eigenvalue weighted by atomic mass is 79.9. The molecule has 1 fully saturated rings. The Kier molecular flexibility index (Phi) is 5.29. The van der Waals surface area contributed by atoms with E-state index in [0.29, 0.717) is 5.75 Å². The van der Waals surface area contributed by atoms with Crippen LogP contribution < -0.4 is 0 Å². The molecule has 1 aliphatic heterocycles. The summed E-state index contributed by atoms with van der Waals surface area (Å²) in [5.74, 6) is -0.717. The van der Waals surface area contributed by atoms with Gasteiger partial charge in [0.1, 0.15) is 6.04 Å². The summed E-state index contributed by atoms with van der Waals surface area (Å²) in [4.78, 5) is 25.9. The van der Waals surface area contributed by atoms with Gasteiger partial charge < -0.3 is 10.0 Å². The van der Waals surface area contributed by atoms with E-state index in [-0.39, 0.29) is 11.3 Å². The van der Waals surface area contributed by atoms with Crippen molar-refractivity contribution in [2.24, 2.45) is 0 Å². The molecular weight excluding hydrogens is 362 g/mol. The first-order valence-electron chi connectivity index (χ1n) is 6.13. The van der Waals surface area contributed by atoms with Crippen LogP contribution >= 0.6 is 39.0 Å². The zero-order chi connectivity index (χ0) is 14.7. The number of thiophene rings is 1. The third kappa shape index (κ3) is 3.45. The summed E-state index contributed by atoms with van der Waals surface area (Å²) in [6.45, 7) is 1.96. The Bertz CT molecular complexity index is 543. The van der Waals surface area contributed by atoms with E-state index in [9.17, 15) is 14.7 Å². The first-order valence-corrected chi connectivity index (χ1v) is 8.79. The number of carbonyl (C=O) groups is 2. The van der Waals surface area contributed by atoms with E-state index < -0.39 is 12.0 Å². The Morgan fingerprint density at radius 3 is 2.85 bits per heavy atom. The van der Waals surface area contributed by atoms with Gasteiger partial charge in [-0.15, -0.1) is 23.1 Å². The van der Waals surface area contributed by atoms with Crippen LogP contribution in [0.4, 0.5) is 0 Å². The Hall–Kier alpha value is -0.790. The zero-order valence-electron chi connectivity index (χ0n) is 10.8. The summed E-state index contributed by atoms with van der Waals surface area (Å²) in [6, 6.07) is 3.09. The number of amides is 1. The quantitative estimate of drug-likeness (QED) is 0.820. The monoisotopic (exact) mass is 375 g/mol. The molecule has 2 rings (SSSR count). The van der Waals surface area contributed by atoms with Crippen molar-refractivity contribution in [2.75, 3.05) is 5.75 Å². The van der Waals surface area contributed by atoms with Crippen molar-refractivity contribution in [3.8, 4) is 0 Å². The van der Waals surface area contributed by atoms with Crippen LogP contribution in [0.1, 0.15) is 18.2 Å². The molecular formula is C13H14BrNO3S2. The molecule has 2 heterocycles. The van der Waals surface area contributed by atoms with Crippen LogP contribution in [0.3, 0.4) is 0 Å². The molecule has 0 bridgehead atoms. The van der Waals surface area contributed by atoms with Gasteiger partial charge in [0, 0.05) is 16.7 Å². The van der Waals surface area contributed by atoms with Crippen LogP contribution in [0.5, 0.6) is 0 Å². The lowest BCUT2D eigenvalue weighted by molar-refractivity contribution is -0.147. The second-order valence-corrected chi connectivity index (χ2v) is 7.98. The van der Waals surface area contributed by atoms with Crippen LogP contribution in [-0.4, -0.2) is 39.1 Å². The topological polar surface area (TPSA) is 57.6 Å². The maximum absolute atomic E-state index is 12.3. The Morgan fingerprint density at radius 1 is 1.55 bits per heavy atom. The van der Waals surface area contributed by atoms with Gasteiger partial charge in [-0.3, -0.25) is 4.79 Å². The molecule has 1 aliphatic rings. The van der Waals surface area contributed by atoms with E-state index in [0.717, 1.165) is 15.1 Å². The number of nitrogens with zero attached hydrogens (tertiary/aromatic N) is 1. The molecule has 1 aromatic rings. The highest BCUT2D eigenvalue weighted by Gasteiger charge is 2.39. The van der Waals surface area contributed by atoms with Crippen LogP contribution in [-0.2, 0) is 9.59 Å². The third-order valence-electron chi connectivity index (χ3n) is 2.97. The Morgan fingerprint density at radius 2 is 2.30 bits per heavy atom. The van der Waals surface area contributed by atoms with Crippen LogP contribution in [0.25, 0.3) is 6.08 Å². The largest absolute Gasteiger partial charge is 0.480 e. The Labute approximate surface area is 134 Å². The van der Waals surface area contributed by atoms with E-state index in [4.69, 9.17) is 0 Å². The summed E-state index contributed by atoms with van der Waals surface area (Å²) in [5, 5.41) is 9.15. The van der Waals surface area contributed by atoms with Gasteiger partial charge in [0.2, 0.25) is 5.91 Å². The van der Waals surface area contributed by atoms with Gasteiger partial charge in [0.15, 0.2) is 0 Å². The SMILES string of the molecule is CCC1SCC(C(=O)O)N1C(=O)C=Cc1ccc(Br)s1. The third-order valence-corrected chi connectivity index (χ3v) is 6.01. The minimum atomic E-state index is -0.936. The molecule has 0 radical (unpaired) electrons. The van der Waals surface area contributed by atoms with Gasteiger partial charge >= 0.3 is 5.97 Å². The zero-order valence-corrected chi connectivity index (χ0v) is 14.0. The van der Waals surface area contributed by atoms with Gasteiger partial charge in [-0.2, -0.15) is 0 Å². The van der Waals surface area contributed by atoms with Crippen molar-refractivity contribution in [1.82, 2.24) is 4.90 Å². The van der Waals surface area contributed by atoms with Gasteiger partial charge in [-0.25, -0.2) is 4.79 Å². The van der Waals surface area contributed by atoms with Crippen LogP contribution in [0, 0.1) is 0 Å². The van der Waals surface area contributed by atoms with Crippen molar-refractivity contribution in [2.45, 2.75) is 24.8 Å². The van der Waals surface area contributed by atoms with Gasteiger partial charge in [0.25, 0.3) is 0 Å². The smallest absolute Gasteiger partial charge is 0.327 e. The number of thioether (sulfide) groups is 1. The molecule has 0 spiro atoms. The fourth-order valence-electron chi connectivity index (χ4n) is 2.02. The summed E-state index contributed by atoms with van der Waals surface area (Å²) in [5.41, 5.74) is 0. The lowest BCUT2D eigenvalue weighted by Crippen LogP contribution is -2.44. The van der Waals surface area contributed by atoms with E-state index in [1.165, 1.54) is 34.1 Å². The summed E-state index contributed by atoms with van der Waals surface area (Å²) < 4.78 is 0.996. The molecule has 20 heavy (non-hydrogen) atoms. The average Bonchev–Trinajstić information content (AvgIpc) is 3.01. The molecule has 108 valence electrons. The second kappa shape index (κ2) is 6.78. The highest BCUT2D eigenvalue weighted by molar-refractivity contribution is 9.11. The summed E-state index contributed by atoms with van der Waals surface area (Å²) in [7, 11) is 0. The Balaban J connectivity index is 2.13. The number of carbonyl (C=O) groups excluding carboxylic acids is 1. The first kappa shape index (κ1) is 15.6. The molecule has 0 aromatic carbocycles. The number of hydrogen-bond donors (Lipinski definition) is 1. The predicted octanol–water partition coefficient (Wildman–Crippen LogP) is 3.29. The molecule has 2 unspecified atom stereocenters. The molecule has 1 saturated heterocycles. The number of aliphatic carboxylic acids is 1. The molecule has 2 atom stereocenters. The lowest BCUT2D eigenvalue weighted by Gasteiger charge is -2.25. The summed E-state index contributed by atoms with van der Waals surface area (Å²) >= 11 is 6.41. The van der Waals surface area contributed by atoms with Gasteiger partial charge in [0.05, 0.1) is 9.16 Å². The van der Waals surface area contributed by atoms with Crippen molar-refractivity contribution in [3.63, 3.8) is 0 Å². The molecule has 1 amide bonds. The molecule has 1 aromatic heterocycles.